The SMILES string of the molecule is CC[C]1OC(C)(C)O1. The summed E-state index contributed by atoms with van der Waals surface area (Å²) in [6.45, 7) is 5.79. The zero-order chi connectivity index (χ0) is 6.20. The van der Waals surface area contributed by atoms with Gasteiger partial charge in [0.15, 0.2) is 5.79 Å². The fourth-order valence-electron chi connectivity index (χ4n) is 0.700. The van der Waals surface area contributed by atoms with Gasteiger partial charge in [-0.25, -0.2) is 0 Å². The molecule has 0 spiro atoms. The highest BCUT2D eigenvalue weighted by Gasteiger charge is 2.38. The van der Waals surface area contributed by atoms with Gasteiger partial charge in [-0.2, -0.15) is 0 Å². The third kappa shape index (κ3) is 1.01. The summed E-state index contributed by atoms with van der Waals surface area (Å²) in [7, 11) is 0. The Kier molecular flexibility index (Phi) is 1.29. The fraction of sp³-hybridized carbons (Fsp3) is 0.833. The smallest absolute Gasteiger partial charge is 0.228 e. The summed E-state index contributed by atoms with van der Waals surface area (Å²) in [5, 5.41) is 0. The Morgan fingerprint density at radius 2 is 1.88 bits per heavy atom. The van der Waals surface area contributed by atoms with E-state index in [-0.39, 0.29) is 5.79 Å². The Morgan fingerprint density at radius 1 is 1.38 bits per heavy atom. The summed E-state index contributed by atoms with van der Waals surface area (Å²) >= 11 is 0. The average molecular weight is 115 g/mol. The maximum absolute atomic E-state index is 5.17. The molecule has 1 rings (SSSR count). The molecule has 0 N–H and O–H groups in total. The van der Waals surface area contributed by atoms with Crippen LogP contribution in [-0.4, -0.2) is 5.79 Å². The molecule has 2 nitrogen and oxygen atoms in total. The van der Waals surface area contributed by atoms with E-state index in [2.05, 4.69) is 0 Å². The van der Waals surface area contributed by atoms with Crippen LogP contribution in [0.1, 0.15) is 27.2 Å². The molecule has 2 heteroatoms. The summed E-state index contributed by atoms with van der Waals surface area (Å²) in [6, 6.07) is 0. The van der Waals surface area contributed by atoms with E-state index in [1.54, 1.807) is 0 Å². The van der Waals surface area contributed by atoms with Crippen molar-refractivity contribution in [2.45, 2.75) is 33.0 Å². The number of hydrogen-bond acceptors (Lipinski definition) is 2. The molecule has 1 heterocycles. The molecule has 0 amide bonds. The molecule has 0 aliphatic carbocycles. The van der Waals surface area contributed by atoms with Gasteiger partial charge in [0.1, 0.15) is 0 Å². The van der Waals surface area contributed by atoms with Crippen molar-refractivity contribution in [2.75, 3.05) is 0 Å². The van der Waals surface area contributed by atoms with Crippen LogP contribution in [-0.2, 0) is 9.47 Å². The van der Waals surface area contributed by atoms with Gasteiger partial charge in [0.25, 0.3) is 0 Å². The standard InChI is InChI=1S/C6H11O2/c1-4-5-7-6(2,3)8-5/h4H2,1-3H3. The molecular formula is C6H11O2. The quantitative estimate of drug-likeness (QED) is 0.517. The maximum atomic E-state index is 5.17. The summed E-state index contributed by atoms with van der Waals surface area (Å²) in [6.07, 6.45) is 1.62. The molecule has 0 aromatic heterocycles. The highest BCUT2D eigenvalue weighted by atomic mass is 16.9. The van der Waals surface area contributed by atoms with Gasteiger partial charge in [0.05, 0.1) is 0 Å². The normalized spacial score (nSPS) is 27.4. The van der Waals surface area contributed by atoms with Crippen molar-refractivity contribution in [3.63, 3.8) is 0 Å². The van der Waals surface area contributed by atoms with Crippen LogP contribution in [0.25, 0.3) is 0 Å². The lowest BCUT2D eigenvalue weighted by molar-refractivity contribution is -0.367. The molecule has 0 aromatic rings. The Bertz CT molecular complexity index is 80.5. The Labute approximate surface area is 49.8 Å². The number of rotatable bonds is 1. The molecule has 1 fully saturated rings. The first-order chi connectivity index (χ1) is 3.64. The molecule has 1 saturated heterocycles. The Hall–Kier alpha value is -0.0800. The molecule has 0 atom stereocenters. The van der Waals surface area contributed by atoms with Crippen LogP contribution in [0.4, 0.5) is 0 Å². The largest absolute Gasteiger partial charge is 0.313 e. The summed E-state index contributed by atoms with van der Waals surface area (Å²) < 4.78 is 10.3. The number of hydrogen-bond donors (Lipinski definition) is 0. The number of ether oxygens (including phenoxy) is 2. The minimum atomic E-state index is -0.342. The van der Waals surface area contributed by atoms with Crippen LogP contribution < -0.4 is 0 Å². The molecule has 0 bridgehead atoms. The monoisotopic (exact) mass is 115 g/mol. The van der Waals surface area contributed by atoms with Gasteiger partial charge in [0, 0.05) is 6.42 Å². The molecule has 1 aliphatic heterocycles. The van der Waals surface area contributed by atoms with E-state index < -0.39 is 0 Å². The first kappa shape index (κ1) is 6.05. The summed E-state index contributed by atoms with van der Waals surface area (Å²) in [5.41, 5.74) is 0. The van der Waals surface area contributed by atoms with Crippen LogP contribution in [0, 0.1) is 6.29 Å². The van der Waals surface area contributed by atoms with E-state index in [4.69, 9.17) is 9.47 Å². The van der Waals surface area contributed by atoms with Crippen molar-refractivity contribution in [3.8, 4) is 0 Å². The van der Waals surface area contributed by atoms with E-state index >= 15 is 0 Å². The third-order valence-corrected chi connectivity index (χ3v) is 1.01. The van der Waals surface area contributed by atoms with Crippen molar-refractivity contribution in [2.24, 2.45) is 0 Å². The Balaban J connectivity index is 2.21. The van der Waals surface area contributed by atoms with Crippen molar-refractivity contribution in [3.05, 3.63) is 6.29 Å². The lowest BCUT2D eigenvalue weighted by Crippen LogP contribution is -2.43. The minimum Gasteiger partial charge on any atom is -0.313 e. The van der Waals surface area contributed by atoms with Gasteiger partial charge in [-0.05, 0) is 13.8 Å². The van der Waals surface area contributed by atoms with Crippen molar-refractivity contribution >= 4 is 0 Å². The van der Waals surface area contributed by atoms with Crippen LogP contribution >= 0.6 is 0 Å². The average Bonchev–Trinajstić information content (AvgIpc) is 1.60. The lowest BCUT2D eigenvalue weighted by atomic mass is 10.3. The Morgan fingerprint density at radius 3 is 2.00 bits per heavy atom. The van der Waals surface area contributed by atoms with E-state index in [0.29, 0.717) is 0 Å². The molecule has 47 valence electrons. The minimum absolute atomic E-state index is 0.342. The zero-order valence-corrected chi connectivity index (χ0v) is 5.52. The molecule has 0 aromatic carbocycles. The summed E-state index contributed by atoms with van der Waals surface area (Å²) in [4.78, 5) is 0. The molecular weight excluding hydrogens is 104 g/mol. The van der Waals surface area contributed by atoms with Crippen molar-refractivity contribution < 1.29 is 9.47 Å². The van der Waals surface area contributed by atoms with Gasteiger partial charge in [0.2, 0.25) is 6.29 Å². The van der Waals surface area contributed by atoms with E-state index in [0.717, 1.165) is 12.7 Å². The van der Waals surface area contributed by atoms with Gasteiger partial charge in [-0.15, -0.1) is 0 Å². The molecule has 8 heavy (non-hydrogen) atoms. The highest BCUT2D eigenvalue weighted by molar-refractivity contribution is 4.79. The predicted molar refractivity (Wildman–Crippen MR) is 29.8 cm³/mol. The van der Waals surface area contributed by atoms with Crippen LogP contribution in [0.2, 0.25) is 0 Å². The first-order valence-electron chi connectivity index (χ1n) is 2.88. The second-order valence-corrected chi connectivity index (χ2v) is 2.33. The fourth-order valence-corrected chi connectivity index (χ4v) is 0.700. The first-order valence-corrected chi connectivity index (χ1v) is 2.88. The third-order valence-electron chi connectivity index (χ3n) is 1.01. The summed E-state index contributed by atoms with van der Waals surface area (Å²) in [5.74, 6) is -0.342. The van der Waals surface area contributed by atoms with E-state index in [1.807, 2.05) is 20.8 Å². The van der Waals surface area contributed by atoms with Gasteiger partial charge >= 0.3 is 0 Å². The van der Waals surface area contributed by atoms with Crippen LogP contribution in [0.15, 0.2) is 0 Å². The molecule has 1 radical (unpaired) electrons. The topological polar surface area (TPSA) is 18.5 Å². The molecule has 0 saturated carbocycles. The van der Waals surface area contributed by atoms with E-state index in [9.17, 15) is 0 Å². The van der Waals surface area contributed by atoms with E-state index in [1.165, 1.54) is 0 Å². The van der Waals surface area contributed by atoms with Crippen LogP contribution in [0.3, 0.4) is 0 Å². The van der Waals surface area contributed by atoms with Gasteiger partial charge in [-0.1, -0.05) is 6.92 Å². The molecule has 1 aliphatic rings. The van der Waals surface area contributed by atoms with Gasteiger partial charge < -0.3 is 9.47 Å². The lowest BCUT2D eigenvalue weighted by Gasteiger charge is -2.40. The van der Waals surface area contributed by atoms with Crippen molar-refractivity contribution in [1.82, 2.24) is 0 Å². The predicted octanol–water partition coefficient (Wildman–Crippen LogP) is 1.67. The van der Waals surface area contributed by atoms with Crippen LogP contribution in [0.5, 0.6) is 0 Å². The van der Waals surface area contributed by atoms with Gasteiger partial charge in [-0.3, -0.25) is 0 Å². The highest BCUT2D eigenvalue weighted by Crippen LogP contribution is 2.34. The second kappa shape index (κ2) is 1.71. The zero-order valence-electron chi connectivity index (χ0n) is 5.52. The molecule has 0 unspecified atom stereocenters. The second-order valence-electron chi connectivity index (χ2n) is 2.33. The van der Waals surface area contributed by atoms with Crippen molar-refractivity contribution in [1.29, 1.82) is 0 Å². The maximum Gasteiger partial charge on any atom is 0.228 e.